The van der Waals surface area contributed by atoms with Gasteiger partial charge in [-0.2, -0.15) is 0 Å². The monoisotopic (exact) mass is 439 g/mol. The molecule has 1 aliphatic carbocycles. The van der Waals surface area contributed by atoms with E-state index in [1.54, 1.807) is 18.0 Å². The Labute approximate surface area is 189 Å². The summed E-state index contributed by atoms with van der Waals surface area (Å²) in [5.41, 5.74) is 6.24. The fourth-order valence-electron chi connectivity index (χ4n) is 4.66. The van der Waals surface area contributed by atoms with Gasteiger partial charge in [0.2, 0.25) is 0 Å². The highest BCUT2D eigenvalue weighted by molar-refractivity contribution is 7.25. The molecule has 0 atom stereocenters. The molecule has 0 unspecified atom stereocenters. The standard InChI is InChI=1S/C26H21N3O2S/c1-31-18-13-11-16(12-14-18)21-19-9-5-6-10-20(19)28-25-22(21)23-24(32-25)26(30)29(15-27-23)17-7-3-2-4-8-17/h2-4,7-8,11-15H,5-6,9-10H2,1H3. The highest BCUT2D eigenvalue weighted by atomic mass is 32.1. The van der Waals surface area contributed by atoms with Crippen LogP contribution >= 0.6 is 11.3 Å². The molecule has 3 heterocycles. The molecule has 32 heavy (non-hydrogen) atoms. The second kappa shape index (κ2) is 7.57. The number of ether oxygens (including phenoxy) is 1. The van der Waals surface area contributed by atoms with E-state index in [-0.39, 0.29) is 5.56 Å². The van der Waals surface area contributed by atoms with Gasteiger partial charge in [0, 0.05) is 11.1 Å². The maximum Gasteiger partial charge on any atom is 0.275 e. The highest BCUT2D eigenvalue weighted by Crippen LogP contribution is 2.42. The summed E-state index contributed by atoms with van der Waals surface area (Å²) in [5, 5.41) is 0.994. The van der Waals surface area contributed by atoms with Crippen molar-refractivity contribution in [1.29, 1.82) is 0 Å². The predicted octanol–water partition coefficient (Wildman–Crippen LogP) is 5.55. The number of benzene rings is 2. The molecular weight excluding hydrogens is 418 g/mol. The van der Waals surface area contributed by atoms with Crippen LogP contribution in [0.15, 0.2) is 65.7 Å². The number of hydrogen-bond acceptors (Lipinski definition) is 5. The summed E-state index contributed by atoms with van der Waals surface area (Å²) in [5.74, 6) is 0.826. The zero-order valence-electron chi connectivity index (χ0n) is 17.7. The number of rotatable bonds is 3. The van der Waals surface area contributed by atoms with Gasteiger partial charge in [-0.05, 0) is 66.6 Å². The number of fused-ring (bicyclic) bond motifs is 4. The molecular formula is C26H21N3O2S. The van der Waals surface area contributed by atoms with Gasteiger partial charge in [0.25, 0.3) is 5.56 Å². The number of nitrogens with zero attached hydrogens (tertiary/aromatic N) is 3. The van der Waals surface area contributed by atoms with Gasteiger partial charge in [-0.3, -0.25) is 9.36 Å². The summed E-state index contributed by atoms with van der Waals surface area (Å²) in [6.07, 6.45) is 5.92. The van der Waals surface area contributed by atoms with Crippen LogP contribution in [0.2, 0.25) is 0 Å². The fourth-order valence-corrected chi connectivity index (χ4v) is 5.75. The molecule has 0 N–H and O–H groups in total. The third-order valence-corrected chi connectivity index (χ3v) is 7.28. The quantitative estimate of drug-likeness (QED) is 0.370. The molecule has 0 fully saturated rings. The summed E-state index contributed by atoms with van der Waals surface area (Å²) in [7, 11) is 1.68. The van der Waals surface area contributed by atoms with E-state index < -0.39 is 0 Å². The Morgan fingerprint density at radius 3 is 2.56 bits per heavy atom. The van der Waals surface area contributed by atoms with Gasteiger partial charge in [0.15, 0.2) is 0 Å². The first-order valence-corrected chi connectivity index (χ1v) is 11.6. The summed E-state index contributed by atoms with van der Waals surface area (Å²) >= 11 is 1.45. The molecule has 6 rings (SSSR count). The lowest BCUT2D eigenvalue weighted by molar-refractivity contribution is 0.415. The van der Waals surface area contributed by atoms with Crippen molar-refractivity contribution < 1.29 is 4.74 Å². The van der Waals surface area contributed by atoms with Crippen molar-refractivity contribution in [3.05, 3.63) is 82.5 Å². The first-order chi connectivity index (χ1) is 15.7. The zero-order valence-corrected chi connectivity index (χ0v) is 18.5. The first kappa shape index (κ1) is 19.2. The van der Waals surface area contributed by atoms with Crippen LogP contribution in [0.5, 0.6) is 5.75 Å². The lowest BCUT2D eigenvalue weighted by atomic mass is 9.87. The van der Waals surface area contributed by atoms with E-state index in [9.17, 15) is 4.79 Å². The zero-order chi connectivity index (χ0) is 21.7. The molecule has 6 heteroatoms. The van der Waals surface area contributed by atoms with Crippen LogP contribution in [0.4, 0.5) is 0 Å². The highest BCUT2D eigenvalue weighted by Gasteiger charge is 2.24. The molecule has 158 valence electrons. The summed E-state index contributed by atoms with van der Waals surface area (Å²) in [4.78, 5) is 24.1. The Balaban J connectivity index is 1.68. The lowest BCUT2D eigenvalue weighted by Gasteiger charge is -2.20. The average molecular weight is 440 g/mol. The second-order valence-electron chi connectivity index (χ2n) is 8.06. The Hall–Kier alpha value is -3.51. The van der Waals surface area contributed by atoms with E-state index in [4.69, 9.17) is 14.7 Å². The average Bonchev–Trinajstić information content (AvgIpc) is 3.22. The third-order valence-electron chi connectivity index (χ3n) is 6.22. The van der Waals surface area contributed by atoms with Crippen molar-refractivity contribution in [3.63, 3.8) is 0 Å². The molecule has 0 spiro atoms. The van der Waals surface area contributed by atoms with Gasteiger partial charge in [0.05, 0.1) is 18.3 Å². The third kappa shape index (κ3) is 2.94. The van der Waals surface area contributed by atoms with E-state index >= 15 is 0 Å². The minimum Gasteiger partial charge on any atom is -0.497 e. The van der Waals surface area contributed by atoms with E-state index in [0.29, 0.717) is 4.70 Å². The van der Waals surface area contributed by atoms with Crippen molar-refractivity contribution in [2.75, 3.05) is 7.11 Å². The normalized spacial score (nSPS) is 13.4. The number of methoxy groups -OCH3 is 1. The van der Waals surface area contributed by atoms with Crippen LogP contribution in [0.3, 0.4) is 0 Å². The Morgan fingerprint density at radius 2 is 1.78 bits per heavy atom. The number of hydrogen-bond donors (Lipinski definition) is 0. The molecule has 0 saturated carbocycles. The van der Waals surface area contributed by atoms with Crippen molar-refractivity contribution >= 4 is 31.8 Å². The van der Waals surface area contributed by atoms with Crippen LogP contribution in [0, 0.1) is 0 Å². The second-order valence-corrected chi connectivity index (χ2v) is 9.06. The van der Waals surface area contributed by atoms with Gasteiger partial charge in [0.1, 0.15) is 21.6 Å². The molecule has 0 saturated heterocycles. The summed E-state index contributed by atoms with van der Waals surface area (Å²) in [6.45, 7) is 0. The molecule has 0 bridgehead atoms. The summed E-state index contributed by atoms with van der Waals surface area (Å²) in [6, 6.07) is 17.8. The van der Waals surface area contributed by atoms with Crippen molar-refractivity contribution in [2.24, 2.45) is 0 Å². The topological polar surface area (TPSA) is 57.0 Å². The van der Waals surface area contributed by atoms with E-state index in [0.717, 1.165) is 64.1 Å². The number of aryl methyl sites for hydroxylation is 1. The summed E-state index contributed by atoms with van der Waals surface area (Å²) < 4.78 is 7.63. The van der Waals surface area contributed by atoms with Gasteiger partial charge in [-0.15, -0.1) is 11.3 Å². The SMILES string of the molecule is COc1ccc(-c2c3c(nc4sc5c(=O)n(-c6ccccc6)cnc5c24)CCCC3)cc1. The van der Waals surface area contributed by atoms with Gasteiger partial charge >= 0.3 is 0 Å². The predicted molar refractivity (Wildman–Crippen MR) is 129 cm³/mol. The van der Waals surface area contributed by atoms with Gasteiger partial charge in [-0.1, -0.05) is 30.3 Å². The molecule has 2 aromatic carbocycles. The van der Waals surface area contributed by atoms with Crippen LogP contribution in [0.25, 0.3) is 37.2 Å². The van der Waals surface area contributed by atoms with E-state index in [2.05, 4.69) is 12.1 Å². The molecule has 0 amide bonds. The molecule has 5 aromatic rings. The first-order valence-electron chi connectivity index (χ1n) is 10.8. The lowest BCUT2D eigenvalue weighted by Crippen LogP contribution is -2.17. The maximum absolute atomic E-state index is 13.4. The Kier molecular flexibility index (Phi) is 4.54. The largest absolute Gasteiger partial charge is 0.497 e. The molecule has 5 nitrogen and oxygen atoms in total. The van der Waals surface area contributed by atoms with Crippen molar-refractivity contribution in [3.8, 4) is 22.6 Å². The Morgan fingerprint density at radius 1 is 1.00 bits per heavy atom. The number of aromatic nitrogens is 3. The van der Waals surface area contributed by atoms with Crippen LogP contribution < -0.4 is 10.3 Å². The van der Waals surface area contributed by atoms with Crippen molar-refractivity contribution in [2.45, 2.75) is 25.7 Å². The number of pyridine rings is 1. The number of thiophene rings is 1. The van der Waals surface area contributed by atoms with Crippen LogP contribution in [-0.2, 0) is 12.8 Å². The van der Waals surface area contributed by atoms with Gasteiger partial charge in [-0.25, -0.2) is 9.97 Å². The molecule has 0 aliphatic heterocycles. The number of para-hydroxylation sites is 1. The van der Waals surface area contributed by atoms with Crippen LogP contribution in [-0.4, -0.2) is 21.6 Å². The maximum atomic E-state index is 13.4. The molecule has 3 aromatic heterocycles. The fraction of sp³-hybridized carbons (Fsp3) is 0.192. The minimum atomic E-state index is -0.0529. The molecule has 0 radical (unpaired) electrons. The van der Waals surface area contributed by atoms with Crippen molar-refractivity contribution in [1.82, 2.24) is 14.5 Å². The Bertz CT molecular complexity index is 1520. The van der Waals surface area contributed by atoms with E-state index in [1.807, 2.05) is 42.5 Å². The minimum absolute atomic E-state index is 0.0529. The van der Waals surface area contributed by atoms with E-state index in [1.165, 1.54) is 22.5 Å². The van der Waals surface area contributed by atoms with Gasteiger partial charge < -0.3 is 4.74 Å². The van der Waals surface area contributed by atoms with Crippen LogP contribution in [0.1, 0.15) is 24.1 Å². The smallest absolute Gasteiger partial charge is 0.275 e. The molecule has 1 aliphatic rings.